The van der Waals surface area contributed by atoms with Crippen LogP contribution in [-0.2, 0) is 15.5 Å². The van der Waals surface area contributed by atoms with E-state index in [0.717, 1.165) is 53.8 Å². The van der Waals surface area contributed by atoms with E-state index < -0.39 is 13.8 Å². The topological polar surface area (TPSA) is 81.0 Å². The molecule has 2 heterocycles. The van der Waals surface area contributed by atoms with Crippen molar-refractivity contribution in [2.45, 2.75) is 77.2 Å². The molecule has 0 radical (unpaired) electrons. The Bertz CT molecular complexity index is 1350. The van der Waals surface area contributed by atoms with E-state index in [9.17, 15) is 10.00 Å². The molecule has 2 aliphatic rings. The third-order valence-electron chi connectivity index (χ3n) is 8.05. The molecule has 1 atom stereocenters. The molecule has 1 saturated heterocycles. The number of benzene rings is 2. The van der Waals surface area contributed by atoms with Crippen molar-refractivity contribution < 1.29 is 28.2 Å². The molecule has 2 aromatic carbocycles. The van der Waals surface area contributed by atoms with Crippen molar-refractivity contribution in [3.05, 3.63) is 86.9 Å². The summed E-state index contributed by atoms with van der Waals surface area (Å²) in [6.07, 6.45) is 7.20. The summed E-state index contributed by atoms with van der Waals surface area (Å²) in [6, 6.07) is 12.5. The van der Waals surface area contributed by atoms with Gasteiger partial charge in [0.2, 0.25) is 0 Å². The zero-order valence-electron chi connectivity index (χ0n) is 23.1. The van der Waals surface area contributed by atoms with Gasteiger partial charge in [-0.1, -0.05) is 25.7 Å². The number of aryl methyl sites for hydroxylation is 1. The van der Waals surface area contributed by atoms with Crippen LogP contribution in [0.25, 0.3) is 0 Å². The Balaban J connectivity index is 1.30. The fourth-order valence-electron chi connectivity index (χ4n) is 5.81. The van der Waals surface area contributed by atoms with Crippen LogP contribution in [0.5, 0.6) is 11.5 Å². The molecule has 1 saturated carbocycles. The Labute approximate surface area is 241 Å². The molecule has 5 rings (SSSR count). The van der Waals surface area contributed by atoms with Crippen molar-refractivity contribution in [3.8, 4) is 11.5 Å². The summed E-state index contributed by atoms with van der Waals surface area (Å²) >= 11 is 6.12. The van der Waals surface area contributed by atoms with Crippen LogP contribution in [0.4, 0.5) is 4.39 Å². The van der Waals surface area contributed by atoms with Crippen LogP contribution in [0.1, 0.15) is 90.6 Å². The second-order valence-electron chi connectivity index (χ2n) is 11.0. The molecule has 40 heavy (non-hydrogen) atoms. The van der Waals surface area contributed by atoms with Crippen molar-refractivity contribution in [3.63, 3.8) is 0 Å². The molecular formula is C31H38ClFNO5P. The number of pyridine rings is 1. The Morgan fingerprint density at radius 3 is 2.60 bits per heavy atom. The summed E-state index contributed by atoms with van der Waals surface area (Å²) in [5, 5.41) is 11.1. The van der Waals surface area contributed by atoms with Gasteiger partial charge in [-0.15, -0.1) is 0 Å². The number of hydrogen-bond acceptors (Lipinski definition) is 6. The number of hydrogen-bond donors (Lipinski definition) is 2. The first-order chi connectivity index (χ1) is 19.2. The van der Waals surface area contributed by atoms with Crippen LogP contribution in [0, 0.1) is 19.7 Å². The van der Waals surface area contributed by atoms with Gasteiger partial charge >= 0.3 is 216 Å². The zero-order chi connectivity index (χ0) is 28.3. The van der Waals surface area contributed by atoms with Crippen LogP contribution < -0.4 is 4.74 Å². The van der Waals surface area contributed by atoms with E-state index >= 15 is 4.39 Å². The zero-order valence-corrected chi connectivity index (χ0v) is 24.8. The Morgan fingerprint density at radius 1 is 1.07 bits per heavy atom. The predicted molar refractivity (Wildman–Crippen MR) is 157 cm³/mol. The van der Waals surface area contributed by atoms with Gasteiger partial charge in [-0.25, -0.2) is 0 Å². The summed E-state index contributed by atoms with van der Waals surface area (Å²) in [5.74, 6) is 0.0680. The molecule has 2 fully saturated rings. The first kappa shape index (κ1) is 29.2. The number of aromatic hydroxyl groups is 1. The fourth-order valence-corrected chi connectivity index (χ4v) is 7.70. The van der Waals surface area contributed by atoms with Gasteiger partial charge in [-0.3, -0.25) is 0 Å². The van der Waals surface area contributed by atoms with E-state index in [1.54, 1.807) is 31.2 Å². The van der Waals surface area contributed by atoms with Crippen LogP contribution >= 0.6 is 19.5 Å². The molecule has 0 amide bonds. The minimum absolute atomic E-state index is 0.0505. The summed E-state index contributed by atoms with van der Waals surface area (Å²) in [6.45, 7) is 3.95. The van der Waals surface area contributed by atoms with Crippen molar-refractivity contribution in [2.24, 2.45) is 0 Å². The molecule has 216 valence electrons. The Morgan fingerprint density at radius 2 is 1.85 bits per heavy atom. The Hall–Kier alpha value is -2.28. The van der Waals surface area contributed by atoms with Crippen LogP contribution in [0.2, 0.25) is 5.02 Å². The van der Waals surface area contributed by atoms with E-state index in [2.05, 4.69) is 0 Å². The molecule has 1 unspecified atom stereocenters. The third-order valence-corrected chi connectivity index (χ3v) is 10.1. The second-order valence-corrected chi connectivity index (χ2v) is 13.7. The van der Waals surface area contributed by atoms with Gasteiger partial charge in [0.05, 0.1) is 0 Å². The van der Waals surface area contributed by atoms with E-state index in [-0.39, 0.29) is 29.9 Å². The standard InChI is InChI=1S/C31H38ClFNO5P/c1-20-16-29(37-19-40(36)38-15-14-28(39-40)23-10-7-11-24(32)17-23)30(33)21(2)26(20)18-25-12-13-27(35)31(34-25)22-8-5-3-4-6-9-22/h7,10-13,16-17,22,28,35-36,40H,3-6,8-9,14-15,18-19H2,1-2H3. The summed E-state index contributed by atoms with van der Waals surface area (Å²) in [7, 11) is -3.71. The molecule has 6 nitrogen and oxygen atoms in total. The predicted octanol–water partition coefficient (Wildman–Crippen LogP) is 8.23. The number of ether oxygens (including phenoxy) is 1. The van der Waals surface area contributed by atoms with Gasteiger partial charge in [-0.05, 0) is 0 Å². The molecular weight excluding hydrogens is 552 g/mol. The number of aromatic nitrogens is 1. The SMILES string of the molecule is Cc1cc(OC[PH]2(O)OCCC(c3cccc(Cl)c3)O2)c(F)c(C)c1Cc1ccc(O)c(C2CCCCCC2)n1. The first-order valence-electron chi connectivity index (χ1n) is 14.1. The van der Waals surface area contributed by atoms with Gasteiger partial charge in [-0.2, -0.15) is 0 Å². The molecule has 3 aromatic rings. The maximum atomic E-state index is 15.5. The van der Waals surface area contributed by atoms with Gasteiger partial charge in [0.15, 0.2) is 0 Å². The fraction of sp³-hybridized carbons (Fsp3) is 0.452. The van der Waals surface area contributed by atoms with Crippen molar-refractivity contribution >= 4 is 19.5 Å². The van der Waals surface area contributed by atoms with Gasteiger partial charge in [0, 0.05) is 0 Å². The van der Waals surface area contributed by atoms with Gasteiger partial charge in [0.1, 0.15) is 0 Å². The van der Waals surface area contributed by atoms with Gasteiger partial charge < -0.3 is 0 Å². The van der Waals surface area contributed by atoms with E-state index in [0.29, 0.717) is 30.0 Å². The maximum absolute atomic E-state index is 15.5. The molecule has 1 aliphatic heterocycles. The monoisotopic (exact) mass is 589 g/mol. The molecule has 0 bridgehead atoms. The average molecular weight is 590 g/mol. The molecule has 9 heteroatoms. The van der Waals surface area contributed by atoms with Gasteiger partial charge in [0.25, 0.3) is 0 Å². The second kappa shape index (κ2) is 12.7. The quantitative estimate of drug-likeness (QED) is 0.213. The number of rotatable bonds is 7. The van der Waals surface area contributed by atoms with E-state index in [1.165, 1.54) is 12.8 Å². The molecule has 2 N–H and O–H groups in total. The first-order valence-corrected chi connectivity index (χ1v) is 16.5. The average Bonchev–Trinajstić information content (AvgIpc) is 3.23. The third kappa shape index (κ3) is 6.78. The number of nitrogens with zero attached hydrogens (tertiary/aromatic N) is 1. The minimum atomic E-state index is -3.71. The normalized spacial score (nSPS) is 20.6. The van der Waals surface area contributed by atoms with E-state index in [4.69, 9.17) is 30.4 Å². The molecule has 1 aromatic heterocycles. The van der Waals surface area contributed by atoms with Crippen LogP contribution in [0.3, 0.4) is 0 Å². The van der Waals surface area contributed by atoms with Crippen molar-refractivity contribution in [1.29, 1.82) is 0 Å². The number of halogens is 2. The summed E-state index contributed by atoms with van der Waals surface area (Å²) in [5.41, 5.74) is 4.57. The van der Waals surface area contributed by atoms with E-state index in [1.807, 2.05) is 25.1 Å². The Kier molecular flexibility index (Phi) is 9.28. The summed E-state index contributed by atoms with van der Waals surface area (Å²) < 4.78 is 32.9. The van der Waals surface area contributed by atoms with Crippen LogP contribution in [-0.4, -0.2) is 27.9 Å². The molecule has 1 aliphatic carbocycles. The van der Waals surface area contributed by atoms with Crippen molar-refractivity contribution in [1.82, 2.24) is 4.98 Å². The summed E-state index contributed by atoms with van der Waals surface area (Å²) in [4.78, 5) is 15.9. The van der Waals surface area contributed by atoms with Crippen LogP contribution in [0.15, 0.2) is 42.5 Å². The van der Waals surface area contributed by atoms with Crippen molar-refractivity contribution in [2.75, 3.05) is 13.0 Å². The molecule has 0 spiro atoms.